The molecule has 0 saturated heterocycles. The number of rotatable bonds is 6. The lowest BCUT2D eigenvalue weighted by Crippen LogP contribution is -2.15. The highest BCUT2D eigenvalue weighted by Gasteiger charge is 2.12. The van der Waals surface area contributed by atoms with Crippen LogP contribution in [0, 0.1) is 5.92 Å². The summed E-state index contributed by atoms with van der Waals surface area (Å²) < 4.78 is 0. The first-order chi connectivity index (χ1) is 7.54. The van der Waals surface area contributed by atoms with Crippen molar-refractivity contribution in [1.82, 2.24) is 10.2 Å². The van der Waals surface area contributed by atoms with Gasteiger partial charge in [-0.25, -0.2) is 0 Å². The minimum absolute atomic E-state index is 0.259. The number of aromatic amines is 1. The van der Waals surface area contributed by atoms with Crippen molar-refractivity contribution in [3.05, 3.63) is 17.0 Å². The molecular weight excluding hydrogens is 198 g/mol. The molecule has 0 bridgehead atoms. The maximum absolute atomic E-state index is 5.78. The summed E-state index contributed by atoms with van der Waals surface area (Å²) in [4.78, 5) is 0. The maximum Gasteiger partial charge on any atom is 0.0657 e. The Morgan fingerprint density at radius 3 is 2.50 bits per heavy atom. The van der Waals surface area contributed by atoms with Crippen molar-refractivity contribution in [2.75, 3.05) is 0 Å². The number of H-pyrrole nitrogens is 1. The summed E-state index contributed by atoms with van der Waals surface area (Å²) in [6.45, 7) is 8.72. The highest BCUT2D eigenvalue weighted by atomic mass is 15.1. The van der Waals surface area contributed by atoms with Gasteiger partial charge in [-0.1, -0.05) is 20.8 Å². The molecule has 0 saturated carbocycles. The van der Waals surface area contributed by atoms with Gasteiger partial charge in [-0.05, 0) is 44.1 Å². The Morgan fingerprint density at radius 2 is 2.00 bits per heavy atom. The molecule has 92 valence electrons. The van der Waals surface area contributed by atoms with Crippen molar-refractivity contribution in [2.24, 2.45) is 11.7 Å². The van der Waals surface area contributed by atoms with E-state index in [1.807, 2.05) is 6.92 Å². The molecule has 1 aromatic rings. The van der Waals surface area contributed by atoms with Crippen LogP contribution in [0.4, 0.5) is 0 Å². The number of aromatic nitrogens is 2. The molecule has 16 heavy (non-hydrogen) atoms. The van der Waals surface area contributed by atoms with Crippen molar-refractivity contribution >= 4 is 0 Å². The van der Waals surface area contributed by atoms with Gasteiger partial charge in [0.25, 0.3) is 0 Å². The molecule has 3 heteroatoms. The standard InChI is InChI=1S/C13H25N3/c1-5-11-12(7-6-10(4)14)15-16-13(11)8-9(2)3/h9-10H,5-8,14H2,1-4H3,(H,15,16). The SMILES string of the molecule is CCc1c(CCC(C)N)n[nH]c1CC(C)C. The van der Waals surface area contributed by atoms with Crippen LogP contribution in [0.2, 0.25) is 0 Å². The molecule has 3 nitrogen and oxygen atoms in total. The zero-order chi connectivity index (χ0) is 12.1. The summed E-state index contributed by atoms with van der Waals surface area (Å²) in [5.74, 6) is 0.673. The molecule has 0 fully saturated rings. The Kier molecular flexibility index (Phi) is 5.00. The van der Waals surface area contributed by atoms with Crippen LogP contribution in [-0.2, 0) is 19.3 Å². The Bertz CT molecular complexity index is 313. The predicted molar refractivity (Wildman–Crippen MR) is 68.5 cm³/mol. The van der Waals surface area contributed by atoms with Gasteiger partial charge < -0.3 is 5.73 Å². The van der Waals surface area contributed by atoms with Gasteiger partial charge in [-0.15, -0.1) is 0 Å². The van der Waals surface area contributed by atoms with Crippen molar-refractivity contribution in [2.45, 2.75) is 59.4 Å². The van der Waals surface area contributed by atoms with Gasteiger partial charge in [0, 0.05) is 11.7 Å². The molecule has 0 aromatic carbocycles. The fourth-order valence-electron chi connectivity index (χ4n) is 2.01. The second-order valence-electron chi connectivity index (χ2n) is 5.09. The Labute approximate surface area is 98.8 Å². The molecule has 1 atom stereocenters. The summed E-state index contributed by atoms with van der Waals surface area (Å²) in [7, 11) is 0. The van der Waals surface area contributed by atoms with Gasteiger partial charge in [0.15, 0.2) is 0 Å². The summed E-state index contributed by atoms with van der Waals surface area (Å²) >= 11 is 0. The molecule has 1 aromatic heterocycles. The van der Waals surface area contributed by atoms with E-state index in [1.54, 1.807) is 0 Å². The van der Waals surface area contributed by atoms with Crippen molar-refractivity contribution in [3.8, 4) is 0 Å². The van der Waals surface area contributed by atoms with Crippen LogP contribution in [0.3, 0.4) is 0 Å². The molecule has 0 aliphatic carbocycles. The third-order valence-corrected chi connectivity index (χ3v) is 2.84. The van der Waals surface area contributed by atoms with Gasteiger partial charge >= 0.3 is 0 Å². The highest BCUT2D eigenvalue weighted by Crippen LogP contribution is 2.17. The molecule has 1 heterocycles. The van der Waals surface area contributed by atoms with Gasteiger partial charge in [-0.2, -0.15) is 5.10 Å². The third kappa shape index (κ3) is 3.63. The van der Waals surface area contributed by atoms with Crippen LogP contribution in [0.15, 0.2) is 0 Å². The first-order valence-corrected chi connectivity index (χ1v) is 6.35. The molecule has 0 amide bonds. The first kappa shape index (κ1) is 13.2. The van der Waals surface area contributed by atoms with Crippen molar-refractivity contribution in [1.29, 1.82) is 0 Å². The number of hydrogen-bond donors (Lipinski definition) is 2. The summed E-state index contributed by atoms with van der Waals surface area (Å²) in [6, 6.07) is 0.259. The monoisotopic (exact) mass is 223 g/mol. The van der Waals surface area contributed by atoms with E-state index in [2.05, 4.69) is 31.0 Å². The zero-order valence-electron chi connectivity index (χ0n) is 11.0. The topological polar surface area (TPSA) is 54.7 Å². The van der Waals surface area contributed by atoms with E-state index in [0.717, 1.165) is 25.7 Å². The lowest BCUT2D eigenvalue weighted by Gasteiger charge is -2.06. The van der Waals surface area contributed by atoms with E-state index in [1.165, 1.54) is 17.0 Å². The lowest BCUT2D eigenvalue weighted by molar-refractivity contribution is 0.630. The number of nitrogens with one attached hydrogen (secondary N) is 1. The van der Waals surface area contributed by atoms with E-state index >= 15 is 0 Å². The predicted octanol–water partition coefficient (Wildman–Crippen LogP) is 2.45. The molecule has 0 radical (unpaired) electrons. The molecule has 0 aliphatic rings. The second kappa shape index (κ2) is 6.04. The number of nitrogens with zero attached hydrogens (tertiary/aromatic N) is 1. The van der Waals surface area contributed by atoms with E-state index in [4.69, 9.17) is 5.73 Å². The highest BCUT2D eigenvalue weighted by molar-refractivity contribution is 5.26. The van der Waals surface area contributed by atoms with Crippen LogP contribution < -0.4 is 5.73 Å². The average molecular weight is 223 g/mol. The van der Waals surface area contributed by atoms with E-state index < -0.39 is 0 Å². The Morgan fingerprint density at radius 1 is 1.31 bits per heavy atom. The van der Waals surface area contributed by atoms with E-state index in [9.17, 15) is 0 Å². The largest absolute Gasteiger partial charge is 0.328 e. The molecule has 3 N–H and O–H groups in total. The summed E-state index contributed by atoms with van der Waals surface area (Å²) in [5.41, 5.74) is 9.73. The quantitative estimate of drug-likeness (QED) is 0.778. The molecule has 0 aliphatic heterocycles. The van der Waals surface area contributed by atoms with Gasteiger partial charge in [0.2, 0.25) is 0 Å². The molecule has 1 unspecified atom stereocenters. The lowest BCUT2D eigenvalue weighted by atomic mass is 9.99. The summed E-state index contributed by atoms with van der Waals surface area (Å²) in [5, 5.41) is 7.62. The molecular formula is C13H25N3. The van der Waals surface area contributed by atoms with Crippen molar-refractivity contribution in [3.63, 3.8) is 0 Å². The van der Waals surface area contributed by atoms with Crippen LogP contribution in [0.5, 0.6) is 0 Å². The van der Waals surface area contributed by atoms with E-state index in [-0.39, 0.29) is 6.04 Å². The minimum Gasteiger partial charge on any atom is -0.328 e. The van der Waals surface area contributed by atoms with Crippen molar-refractivity contribution < 1.29 is 0 Å². The van der Waals surface area contributed by atoms with Crippen LogP contribution in [0.1, 0.15) is 51.1 Å². The summed E-state index contributed by atoms with van der Waals surface area (Å²) in [6.07, 6.45) is 4.16. The zero-order valence-corrected chi connectivity index (χ0v) is 11.0. The Hall–Kier alpha value is -0.830. The smallest absolute Gasteiger partial charge is 0.0657 e. The Balaban J connectivity index is 2.73. The first-order valence-electron chi connectivity index (χ1n) is 6.35. The van der Waals surface area contributed by atoms with Crippen LogP contribution in [0.25, 0.3) is 0 Å². The fraction of sp³-hybridized carbons (Fsp3) is 0.769. The van der Waals surface area contributed by atoms with Gasteiger partial charge in [0.1, 0.15) is 0 Å². The van der Waals surface area contributed by atoms with Gasteiger partial charge in [0.05, 0.1) is 5.69 Å². The van der Waals surface area contributed by atoms with Gasteiger partial charge in [-0.3, -0.25) is 5.10 Å². The average Bonchev–Trinajstić information content (AvgIpc) is 2.56. The number of aryl methyl sites for hydroxylation is 1. The number of hydrogen-bond acceptors (Lipinski definition) is 2. The number of nitrogens with two attached hydrogens (primary N) is 1. The van der Waals surface area contributed by atoms with Crippen LogP contribution in [-0.4, -0.2) is 16.2 Å². The fourth-order valence-corrected chi connectivity index (χ4v) is 2.01. The normalized spacial score (nSPS) is 13.4. The van der Waals surface area contributed by atoms with E-state index in [0.29, 0.717) is 5.92 Å². The maximum atomic E-state index is 5.78. The molecule has 0 spiro atoms. The third-order valence-electron chi connectivity index (χ3n) is 2.84. The molecule has 1 rings (SSSR count). The second-order valence-corrected chi connectivity index (χ2v) is 5.09. The minimum atomic E-state index is 0.259. The van der Waals surface area contributed by atoms with Crippen LogP contribution >= 0.6 is 0 Å².